The smallest absolute Gasteiger partial charge is 0.192 e. The summed E-state index contributed by atoms with van der Waals surface area (Å²) in [5.74, 6) is 3.32. The standard InChI is InChI=1S/C15H19BrN4.HI/c1-3-9-18-15(17-2)19-12-8-10-20(11-12)14-7-5-4-6-13(14)16;/h1,4-7,12H,8-11H2,2H3,(H2,17,18,19);1H. The molecule has 0 bridgehead atoms. The van der Waals surface area contributed by atoms with Gasteiger partial charge < -0.3 is 15.5 Å². The number of hydrogen-bond acceptors (Lipinski definition) is 2. The third-order valence-electron chi connectivity index (χ3n) is 3.30. The molecule has 1 aliphatic heterocycles. The molecule has 2 N–H and O–H groups in total. The van der Waals surface area contributed by atoms with Gasteiger partial charge in [0, 0.05) is 30.7 Å². The molecule has 0 aromatic heterocycles. The van der Waals surface area contributed by atoms with E-state index in [-0.39, 0.29) is 24.0 Å². The van der Waals surface area contributed by atoms with Gasteiger partial charge in [-0.3, -0.25) is 4.99 Å². The van der Waals surface area contributed by atoms with Gasteiger partial charge in [-0.1, -0.05) is 18.1 Å². The number of para-hydroxylation sites is 1. The molecule has 1 unspecified atom stereocenters. The molecule has 0 amide bonds. The number of terminal acetylenes is 1. The average Bonchev–Trinajstić information content (AvgIpc) is 2.92. The van der Waals surface area contributed by atoms with Crippen molar-refractivity contribution in [1.29, 1.82) is 0 Å². The van der Waals surface area contributed by atoms with Crippen molar-refractivity contribution in [1.82, 2.24) is 10.6 Å². The summed E-state index contributed by atoms with van der Waals surface area (Å²) in [5, 5.41) is 6.49. The van der Waals surface area contributed by atoms with Crippen molar-refractivity contribution < 1.29 is 0 Å². The first-order valence-corrected chi connectivity index (χ1v) is 7.44. The number of hydrogen-bond donors (Lipinski definition) is 2. The highest BCUT2D eigenvalue weighted by Gasteiger charge is 2.24. The van der Waals surface area contributed by atoms with Crippen molar-refractivity contribution in [2.45, 2.75) is 12.5 Å². The maximum atomic E-state index is 5.25. The van der Waals surface area contributed by atoms with Crippen molar-refractivity contribution in [2.75, 3.05) is 31.6 Å². The van der Waals surface area contributed by atoms with Crippen LogP contribution in [0, 0.1) is 12.3 Å². The Morgan fingerprint density at radius 2 is 2.29 bits per heavy atom. The first-order chi connectivity index (χ1) is 9.74. The fourth-order valence-corrected chi connectivity index (χ4v) is 2.86. The Kier molecular flexibility index (Phi) is 7.89. The van der Waals surface area contributed by atoms with Gasteiger partial charge in [-0.05, 0) is 34.5 Å². The molecule has 114 valence electrons. The van der Waals surface area contributed by atoms with Gasteiger partial charge in [0.1, 0.15) is 0 Å². The van der Waals surface area contributed by atoms with Gasteiger partial charge in [0.15, 0.2) is 5.96 Å². The summed E-state index contributed by atoms with van der Waals surface area (Å²) in [5.41, 5.74) is 1.24. The Bertz CT molecular complexity index is 527. The normalized spacial score (nSPS) is 17.9. The quantitative estimate of drug-likeness (QED) is 0.313. The molecule has 1 atom stereocenters. The number of nitrogens with one attached hydrogen (secondary N) is 2. The molecule has 1 aromatic carbocycles. The van der Waals surface area contributed by atoms with E-state index in [9.17, 15) is 0 Å². The number of nitrogens with zero attached hydrogens (tertiary/aromatic N) is 2. The maximum absolute atomic E-state index is 5.25. The van der Waals surface area contributed by atoms with E-state index in [4.69, 9.17) is 6.42 Å². The fraction of sp³-hybridized carbons (Fsp3) is 0.400. The van der Waals surface area contributed by atoms with Crippen molar-refractivity contribution in [3.63, 3.8) is 0 Å². The summed E-state index contributed by atoms with van der Waals surface area (Å²) >= 11 is 3.60. The van der Waals surface area contributed by atoms with Crippen molar-refractivity contribution in [3.05, 3.63) is 28.7 Å². The summed E-state index contributed by atoms with van der Waals surface area (Å²) < 4.78 is 1.13. The topological polar surface area (TPSA) is 39.7 Å². The fourth-order valence-electron chi connectivity index (χ4n) is 2.33. The lowest BCUT2D eigenvalue weighted by Crippen LogP contribution is -2.44. The van der Waals surface area contributed by atoms with Gasteiger partial charge in [0.05, 0.1) is 12.2 Å². The van der Waals surface area contributed by atoms with E-state index in [2.05, 4.69) is 60.6 Å². The first-order valence-electron chi connectivity index (χ1n) is 6.64. The van der Waals surface area contributed by atoms with Gasteiger partial charge in [0.2, 0.25) is 0 Å². The van der Waals surface area contributed by atoms with Gasteiger partial charge in [-0.25, -0.2) is 0 Å². The van der Waals surface area contributed by atoms with Crippen LogP contribution in [0.5, 0.6) is 0 Å². The predicted molar refractivity (Wildman–Crippen MR) is 104 cm³/mol. The van der Waals surface area contributed by atoms with E-state index in [0.717, 1.165) is 29.9 Å². The summed E-state index contributed by atoms with van der Waals surface area (Å²) in [7, 11) is 1.76. The van der Waals surface area contributed by atoms with E-state index in [1.807, 2.05) is 6.07 Å². The molecule has 21 heavy (non-hydrogen) atoms. The summed E-state index contributed by atoms with van der Waals surface area (Å²) in [6.07, 6.45) is 6.33. The van der Waals surface area contributed by atoms with Crippen LogP contribution in [0.3, 0.4) is 0 Å². The Balaban J connectivity index is 0.00000220. The lowest BCUT2D eigenvalue weighted by molar-refractivity contribution is 0.654. The van der Waals surface area contributed by atoms with Crippen LogP contribution in [-0.4, -0.2) is 38.7 Å². The molecule has 0 radical (unpaired) electrons. The number of rotatable bonds is 3. The highest BCUT2D eigenvalue weighted by atomic mass is 127. The molecule has 1 aromatic rings. The zero-order valence-corrected chi connectivity index (χ0v) is 15.9. The SMILES string of the molecule is C#CCNC(=NC)NC1CCN(c2ccccc2Br)C1.I. The van der Waals surface area contributed by atoms with E-state index in [1.54, 1.807) is 7.05 Å². The van der Waals surface area contributed by atoms with Crippen LogP contribution in [0.4, 0.5) is 5.69 Å². The van der Waals surface area contributed by atoms with Crippen LogP contribution in [0.25, 0.3) is 0 Å². The number of halogens is 2. The zero-order valence-electron chi connectivity index (χ0n) is 12.0. The number of benzene rings is 1. The average molecular weight is 463 g/mol. The maximum Gasteiger partial charge on any atom is 0.192 e. The summed E-state index contributed by atoms with van der Waals surface area (Å²) in [6, 6.07) is 8.69. The van der Waals surface area contributed by atoms with Crippen molar-refractivity contribution >= 4 is 51.6 Å². The molecule has 0 aliphatic carbocycles. The Labute approximate surface area is 151 Å². The second-order valence-electron chi connectivity index (χ2n) is 4.66. The summed E-state index contributed by atoms with van der Waals surface area (Å²) in [4.78, 5) is 6.55. The van der Waals surface area contributed by atoms with E-state index in [1.165, 1.54) is 5.69 Å². The number of guanidine groups is 1. The molecule has 4 nitrogen and oxygen atoms in total. The first kappa shape index (κ1) is 18.1. The second kappa shape index (κ2) is 9.15. The molecule has 1 aliphatic rings. The van der Waals surface area contributed by atoms with Crippen LogP contribution >= 0.6 is 39.9 Å². The molecular formula is C15H20BrIN4. The molecular weight excluding hydrogens is 443 g/mol. The largest absolute Gasteiger partial charge is 0.368 e. The van der Waals surface area contributed by atoms with E-state index >= 15 is 0 Å². The van der Waals surface area contributed by atoms with Gasteiger partial charge >= 0.3 is 0 Å². The Morgan fingerprint density at radius 3 is 2.95 bits per heavy atom. The molecule has 2 rings (SSSR count). The monoisotopic (exact) mass is 462 g/mol. The van der Waals surface area contributed by atoms with Crippen LogP contribution < -0.4 is 15.5 Å². The van der Waals surface area contributed by atoms with Crippen LogP contribution in [0.15, 0.2) is 33.7 Å². The molecule has 0 spiro atoms. The Morgan fingerprint density at radius 1 is 1.52 bits per heavy atom. The lowest BCUT2D eigenvalue weighted by atomic mass is 10.3. The zero-order chi connectivity index (χ0) is 14.4. The lowest BCUT2D eigenvalue weighted by Gasteiger charge is -2.21. The highest BCUT2D eigenvalue weighted by molar-refractivity contribution is 14.0. The van der Waals surface area contributed by atoms with E-state index < -0.39 is 0 Å². The van der Waals surface area contributed by atoms with Crippen LogP contribution in [-0.2, 0) is 0 Å². The van der Waals surface area contributed by atoms with Crippen molar-refractivity contribution in [2.24, 2.45) is 4.99 Å². The summed E-state index contributed by atoms with van der Waals surface area (Å²) in [6.45, 7) is 2.48. The highest BCUT2D eigenvalue weighted by Crippen LogP contribution is 2.28. The molecule has 0 saturated carbocycles. The van der Waals surface area contributed by atoms with Gasteiger partial charge in [-0.15, -0.1) is 30.4 Å². The number of anilines is 1. The van der Waals surface area contributed by atoms with Crippen molar-refractivity contribution in [3.8, 4) is 12.3 Å². The number of aliphatic imine (C=N–C) groups is 1. The van der Waals surface area contributed by atoms with Crippen LogP contribution in [0.1, 0.15) is 6.42 Å². The molecule has 1 heterocycles. The molecule has 1 saturated heterocycles. The minimum Gasteiger partial charge on any atom is -0.368 e. The van der Waals surface area contributed by atoms with E-state index in [0.29, 0.717) is 12.6 Å². The second-order valence-corrected chi connectivity index (χ2v) is 5.51. The Hall–Kier alpha value is -0.940. The van der Waals surface area contributed by atoms with Crippen LogP contribution in [0.2, 0.25) is 0 Å². The minimum atomic E-state index is 0. The van der Waals surface area contributed by atoms with Gasteiger partial charge in [-0.2, -0.15) is 0 Å². The third kappa shape index (κ3) is 5.08. The minimum absolute atomic E-state index is 0. The van der Waals surface area contributed by atoms with Gasteiger partial charge in [0.25, 0.3) is 0 Å². The molecule has 1 fully saturated rings. The predicted octanol–water partition coefficient (Wildman–Crippen LogP) is 2.44. The third-order valence-corrected chi connectivity index (χ3v) is 3.97. The molecule has 6 heteroatoms.